The molecule has 0 fully saturated rings. The maximum absolute atomic E-state index is 12.3. The first-order valence-corrected chi connectivity index (χ1v) is 5.11. The number of likely N-dealkylation sites (N-methyl/N-ethyl adjacent to an activating group) is 1. The van der Waals surface area contributed by atoms with Crippen molar-refractivity contribution in [2.75, 3.05) is 13.6 Å². The molecular weight excluding hydrogens is 245 g/mol. The minimum atomic E-state index is -4.37. The first-order valence-electron chi connectivity index (χ1n) is 5.11. The number of nitrogens with zero attached hydrogens (tertiary/aromatic N) is 2. The molecule has 18 heavy (non-hydrogen) atoms. The average Bonchev–Trinajstić information content (AvgIpc) is 2.28. The Morgan fingerprint density at radius 3 is 2.33 bits per heavy atom. The van der Waals surface area contributed by atoms with Gasteiger partial charge in [0.2, 0.25) is 5.91 Å². The Morgan fingerprint density at radius 1 is 1.33 bits per heavy atom. The number of benzene rings is 1. The number of carbonyl (C=O) groups excluding carboxylic acids is 1. The first kappa shape index (κ1) is 14.0. The predicted octanol–water partition coefficient (Wildman–Crippen LogP) is 2.23. The van der Waals surface area contributed by atoms with Gasteiger partial charge in [0.1, 0.15) is 6.54 Å². The lowest BCUT2D eigenvalue weighted by Gasteiger charge is -2.13. The van der Waals surface area contributed by atoms with E-state index in [1.807, 2.05) is 6.07 Å². The molecule has 0 spiro atoms. The molecule has 0 radical (unpaired) electrons. The zero-order valence-electron chi connectivity index (χ0n) is 9.66. The van der Waals surface area contributed by atoms with Crippen LogP contribution in [0.3, 0.4) is 0 Å². The lowest BCUT2D eigenvalue weighted by molar-refractivity contribution is -0.137. The third kappa shape index (κ3) is 3.77. The van der Waals surface area contributed by atoms with Crippen molar-refractivity contribution in [2.24, 2.45) is 0 Å². The maximum atomic E-state index is 12.3. The molecule has 0 atom stereocenters. The summed E-state index contributed by atoms with van der Waals surface area (Å²) in [6, 6.07) is 6.22. The SMILES string of the molecule is CN(CC#N)C(=O)Cc1ccc(C(F)(F)F)cc1. The quantitative estimate of drug-likeness (QED) is 0.778. The molecule has 6 heteroatoms. The zero-order chi connectivity index (χ0) is 13.8. The third-order valence-electron chi connectivity index (χ3n) is 2.37. The highest BCUT2D eigenvalue weighted by atomic mass is 19.4. The molecule has 0 bridgehead atoms. The van der Waals surface area contributed by atoms with E-state index in [-0.39, 0.29) is 18.9 Å². The second kappa shape index (κ2) is 5.54. The molecule has 0 N–H and O–H groups in total. The molecule has 96 valence electrons. The van der Waals surface area contributed by atoms with E-state index in [9.17, 15) is 18.0 Å². The standard InChI is InChI=1S/C12H11F3N2O/c1-17(7-6-16)11(18)8-9-2-4-10(5-3-9)12(13,14)15/h2-5H,7-8H2,1H3. The fraction of sp³-hybridized carbons (Fsp3) is 0.333. The number of hydrogen-bond acceptors (Lipinski definition) is 2. The summed E-state index contributed by atoms with van der Waals surface area (Å²) < 4.78 is 36.9. The smallest absolute Gasteiger partial charge is 0.332 e. The Kier molecular flexibility index (Phi) is 4.32. The summed E-state index contributed by atoms with van der Waals surface area (Å²) in [7, 11) is 1.47. The summed E-state index contributed by atoms with van der Waals surface area (Å²) in [6.45, 7) is -0.0422. The van der Waals surface area contributed by atoms with Gasteiger partial charge < -0.3 is 4.90 Å². The van der Waals surface area contributed by atoms with Gasteiger partial charge in [0.25, 0.3) is 0 Å². The number of nitriles is 1. The highest BCUT2D eigenvalue weighted by Crippen LogP contribution is 2.29. The van der Waals surface area contributed by atoms with Crippen molar-refractivity contribution >= 4 is 5.91 Å². The van der Waals surface area contributed by atoms with Gasteiger partial charge >= 0.3 is 6.18 Å². The van der Waals surface area contributed by atoms with E-state index in [2.05, 4.69) is 0 Å². The molecule has 0 aromatic heterocycles. The van der Waals surface area contributed by atoms with Crippen LogP contribution in [0, 0.1) is 11.3 Å². The Hall–Kier alpha value is -2.03. The minimum Gasteiger partial charge on any atom is -0.332 e. The molecule has 3 nitrogen and oxygen atoms in total. The molecule has 1 aromatic rings. The number of carbonyl (C=O) groups is 1. The van der Waals surface area contributed by atoms with Crippen molar-refractivity contribution in [1.82, 2.24) is 4.90 Å². The van der Waals surface area contributed by atoms with Gasteiger partial charge in [-0.25, -0.2) is 0 Å². The van der Waals surface area contributed by atoms with E-state index in [1.165, 1.54) is 24.1 Å². The van der Waals surface area contributed by atoms with E-state index >= 15 is 0 Å². The van der Waals surface area contributed by atoms with Crippen LogP contribution in [0.5, 0.6) is 0 Å². The third-order valence-corrected chi connectivity index (χ3v) is 2.37. The van der Waals surface area contributed by atoms with Crippen LogP contribution < -0.4 is 0 Å². The first-order chi connectivity index (χ1) is 8.34. The molecule has 0 aliphatic rings. The highest BCUT2D eigenvalue weighted by Gasteiger charge is 2.29. The van der Waals surface area contributed by atoms with Crippen molar-refractivity contribution < 1.29 is 18.0 Å². The molecular formula is C12H11F3N2O. The van der Waals surface area contributed by atoms with Gasteiger partial charge in [0.15, 0.2) is 0 Å². The van der Waals surface area contributed by atoms with E-state index in [4.69, 9.17) is 5.26 Å². The van der Waals surface area contributed by atoms with Gasteiger partial charge in [-0.15, -0.1) is 0 Å². The number of hydrogen-bond donors (Lipinski definition) is 0. The second-order valence-corrected chi connectivity index (χ2v) is 3.78. The summed E-state index contributed by atoms with van der Waals surface area (Å²) in [5.74, 6) is -0.309. The van der Waals surface area contributed by atoms with Gasteiger partial charge in [-0.1, -0.05) is 12.1 Å². The summed E-state index contributed by atoms with van der Waals surface area (Å²) in [5, 5.41) is 8.41. The number of halogens is 3. The topological polar surface area (TPSA) is 44.1 Å². The summed E-state index contributed by atoms with van der Waals surface area (Å²) in [6.07, 6.45) is -4.39. The van der Waals surface area contributed by atoms with Crippen LogP contribution in [-0.2, 0) is 17.4 Å². The van der Waals surface area contributed by atoms with Crippen molar-refractivity contribution in [3.8, 4) is 6.07 Å². The molecule has 0 aliphatic heterocycles. The average molecular weight is 256 g/mol. The van der Waals surface area contributed by atoms with E-state index < -0.39 is 11.7 Å². The lowest BCUT2D eigenvalue weighted by atomic mass is 10.1. The van der Waals surface area contributed by atoms with Crippen LogP contribution in [0.15, 0.2) is 24.3 Å². The molecule has 0 saturated carbocycles. The highest BCUT2D eigenvalue weighted by molar-refractivity contribution is 5.78. The monoisotopic (exact) mass is 256 g/mol. The number of amides is 1. The fourth-order valence-electron chi connectivity index (χ4n) is 1.32. The van der Waals surface area contributed by atoms with Gasteiger partial charge in [-0.3, -0.25) is 4.79 Å². The summed E-state index contributed by atoms with van der Waals surface area (Å²) >= 11 is 0. The van der Waals surface area contributed by atoms with Gasteiger partial charge in [0.05, 0.1) is 18.1 Å². The van der Waals surface area contributed by atoms with Gasteiger partial charge in [-0.05, 0) is 17.7 Å². The summed E-state index contributed by atoms with van der Waals surface area (Å²) in [4.78, 5) is 12.8. The number of rotatable bonds is 3. The van der Waals surface area contributed by atoms with Crippen molar-refractivity contribution in [2.45, 2.75) is 12.6 Å². The molecule has 1 aromatic carbocycles. The number of alkyl halides is 3. The maximum Gasteiger partial charge on any atom is 0.416 e. The summed E-state index contributed by atoms with van der Waals surface area (Å²) in [5.41, 5.74) is -0.262. The molecule has 0 heterocycles. The largest absolute Gasteiger partial charge is 0.416 e. The molecule has 0 saturated heterocycles. The molecule has 1 amide bonds. The van der Waals surface area contributed by atoms with Crippen LogP contribution in [0.4, 0.5) is 13.2 Å². The van der Waals surface area contributed by atoms with Crippen molar-refractivity contribution in [1.29, 1.82) is 5.26 Å². The zero-order valence-corrected chi connectivity index (χ0v) is 9.66. The lowest BCUT2D eigenvalue weighted by Crippen LogP contribution is -2.28. The van der Waals surface area contributed by atoms with E-state index in [0.29, 0.717) is 5.56 Å². The Morgan fingerprint density at radius 2 is 1.89 bits per heavy atom. The second-order valence-electron chi connectivity index (χ2n) is 3.78. The van der Waals surface area contributed by atoms with Gasteiger partial charge in [0, 0.05) is 7.05 Å². The van der Waals surface area contributed by atoms with E-state index in [1.54, 1.807) is 0 Å². The molecule has 1 rings (SSSR count). The van der Waals surface area contributed by atoms with Crippen LogP contribution in [-0.4, -0.2) is 24.4 Å². The van der Waals surface area contributed by atoms with Crippen LogP contribution in [0.1, 0.15) is 11.1 Å². The molecule has 0 aliphatic carbocycles. The van der Waals surface area contributed by atoms with Gasteiger partial charge in [-0.2, -0.15) is 18.4 Å². The van der Waals surface area contributed by atoms with E-state index in [0.717, 1.165) is 12.1 Å². The van der Waals surface area contributed by atoms with Crippen LogP contribution >= 0.6 is 0 Å². The Bertz CT molecular complexity index is 460. The van der Waals surface area contributed by atoms with Crippen molar-refractivity contribution in [3.05, 3.63) is 35.4 Å². The van der Waals surface area contributed by atoms with Crippen LogP contribution in [0.25, 0.3) is 0 Å². The van der Waals surface area contributed by atoms with Crippen LogP contribution in [0.2, 0.25) is 0 Å². The Balaban J connectivity index is 2.70. The van der Waals surface area contributed by atoms with Crippen molar-refractivity contribution in [3.63, 3.8) is 0 Å². The fourth-order valence-corrected chi connectivity index (χ4v) is 1.32. The minimum absolute atomic E-state index is 0.0175. The predicted molar refractivity (Wildman–Crippen MR) is 58.4 cm³/mol. The Labute approximate surface area is 102 Å². The normalized spacial score (nSPS) is 10.8. The molecule has 0 unspecified atom stereocenters.